The third-order valence-corrected chi connectivity index (χ3v) is 3.06. The van der Waals surface area contributed by atoms with Gasteiger partial charge in [0.15, 0.2) is 0 Å². The summed E-state index contributed by atoms with van der Waals surface area (Å²) in [5.41, 5.74) is 2.42. The predicted molar refractivity (Wildman–Crippen MR) is 72.3 cm³/mol. The smallest absolute Gasteiger partial charge is 0.303 e. The maximum atomic E-state index is 10.4. The van der Waals surface area contributed by atoms with Crippen molar-refractivity contribution in [1.82, 2.24) is 0 Å². The predicted octanol–water partition coefficient (Wildman–Crippen LogP) is 3.62. The maximum absolute atomic E-state index is 10.4. The summed E-state index contributed by atoms with van der Waals surface area (Å²) in [6, 6.07) is 6.30. The van der Waals surface area contributed by atoms with Crippen LogP contribution in [-0.2, 0) is 11.2 Å². The Kier molecular flexibility index (Phi) is 5.69. The van der Waals surface area contributed by atoms with E-state index >= 15 is 0 Å². The number of methoxy groups -OCH3 is 1. The van der Waals surface area contributed by atoms with Gasteiger partial charge in [-0.25, -0.2) is 0 Å². The molecule has 3 heteroatoms. The molecule has 1 N–H and O–H groups in total. The van der Waals surface area contributed by atoms with E-state index in [1.165, 1.54) is 5.56 Å². The van der Waals surface area contributed by atoms with Crippen LogP contribution in [0.1, 0.15) is 50.2 Å². The molecule has 0 amide bonds. The van der Waals surface area contributed by atoms with Crippen molar-refractivity contribution in [1.29, 1.82) is 0 Å². The largest absolute Gasteiger partial charge is 0.496 e. The molecule has 1 rings (SSSR count). The van der Waals surface area contributed by atoms with Crippen molar-refractivity contribution >= 4 is 5.97 Å². The Morgan fingerprint density at radius 3 is 2.61 bits per heavy atom. The fourth-order valence-electron chi connectivity index (χ4n) is 1.92. The SMILES string of the molecule is COc1cc(C(C)C)ccc1CCCCC(=O)O. The Bertz CT molecular complexity index is 397. The van der Waals surface area contributed by atoms with Gasteiger partial charge in [0.2, 0.25) is 0 Å². The number of aryl methyl sites for hydroxylation is 1. The molecular formula is C15H22O3. The van der Waals surface area contributed by atoms with Crippen molar-refractivity contribution in [2.75, 3.05) is 7.11 Å². The normalized spacial score (nSPS) is 10.7. The second kappa shape index (κ2) is 7.04. The van der Waals surface area contributed by atoms with Crippen molar-refractivity contribution in [2.45, 2.75) is 45.4 Å². The number of ether oxygens (including phenoxy) is 1. The Hall–Kier alpha value is -1.51. The van der Waals surface area contributed by atoms with Gasteiger partial charge in [0.1, 0.15) is 5.75 Å². The third-order valence-electron chi connectivity index (χ3n) is 3.06. The molecule has 0 aromatic heterocycles. The zero-order valence-corrected chi connectivity index (χ0v) is 11.4. The molecule has 0 unspecified atom stereocenters. The van der Waals surface area contributed by atoms with E-state index in [2.05, 4.69) is 32.0 Å². The molecule has 3 nitrogen and oxygen atoms in total. The van der Waals surface area contributed by atoms with Crippen molar-refractivity contribution < 1.29 is 14.6 Å². The van der Waals surface area contributed by atoms with Crippen LogP contribution in [0.5, 0.6) is 5.75 Å². The molecule has 1 aromatic carbocycles. The average Bonchev–Trinajstić information content (AvgIpc) is 2.34. The molecule has 0 aliphatic carbocycles. The first-order valence-corrected chi connectivity index (χ1v) is 6.43. The van der Waals surface area contributed by atoms with Crippen LogP contribution in [0, 0.1) is 0 Å². The lowest BCUT2D eigenvalue weighted by atomic mass is 9.98. The summed E-state index contributed by atoms with van der Waals surface area (Å²) >= 11 is 0. The van der Waals surface area contributed by atoms with Crippen LogP contribution in [0.2, 0.25) is 0 Å². The van der Waals surface area contributed by atoms with Crippen LogP contribution in [0.3, 0.4) is 0 Å². The van der Waals surface area contributed by atoms with Gasteiger partial charge in [0.25, 0.3) is 0 Å². The van der Waals surface area contributed by atoms with E-state index in [1.54, 1.807) is 7.11 Å². The van der Waals surface area contributed by atoms with E-state index in [4.69, 9.17) is 9.84 Å². The van der Waals surface area contributed by atoms with Gasteiger partial charge < -0.3 is 9.84 Å². The number of aliphatic carboxylic acids is 1. The number of carboxylic acids is 1. The van der Waals surface area contributed by atoms with Gasteiger partial charge in [-0.15, -0.1) is 0 Å². The average molecular weight is 250 g/mol. The lowest BCUT2D eigenvalue weighted by Gasteiger charge is -2.12. The highest BCUT2D eigenvalue weighted by atomic mass is 16.5. The van der Waals surface area contributed by atoms with E-state index in [1.807, 2.05) is 0 Å². The fourth-order valence-corrected chi connectivity index (χ4v) is 1.92. The van der Waals surface area contributed by atoms with Crippen molar-refractivity contribution in [3.8, 4) is 5.75 Å². The van der Waals surface area contributed by atoms with Crippen LogP contribution < -0.4 is 4.74 Å². The third kappa shape index (κ3) is 4.40. The molecule has 0 spiro atoms. The Morgan fingerprint density at radius 1 is 1.33 bits per heavy atom. The maximum Gasteiger partial charge on any atom is 0.303 e. The number of hydrogen-bond donors (Lipinski definition) is 1. The van der Waals surface area contributed by atoms with Crippen molar-refractivity contribution in [2.24, 2.45) is 0 Å². The fraction of sp³-hybridized carbons (Fsp3) is 0.533. The molecule has 0 saturated carbocycles. The van der Waals surface area contributed by atoms with Gasteiger partial charge in [-0.2, -0.15) is 0 Å². The summed E-state index contributed by atoms with van der Waals surface area (Å²) in [4.78, 5) is 10.4. The highest BCUT2D eigenvalue weighted by molar-refractivity contribution is 5.66. The summed E-state index contributed by atoms with van der Waals surface area (Å²) in [7, 11) is 1.68. The van der Waals surface area contributed by atoms with Crippen molar-refractivity contribution in [3.63, 3.8) is 0 Å². The van der Waals surface area contributed by atoms with Gasteiger partial charge in [-0.3, -0.25) is 4.79 Å². The second-order valence-electron chi connectivity index (χ2n) is 4.83. The molecule has 100 valence electrons. The lowest BCUT2D eigenvalue weighted by molar-refractivity contribution is -0.137. The molecule has 0 fully saturated rings. The molecule has 0 aliphatic rings. The van der Waals surface area contributed by atoms with Gasteiger partial charge in [-0.05, 0) is 42.4 Å². The minimum atomic E-state index is -0.725. The van der Waals surface area contributed by atoms with Gasteiger partial charge in [-0.1, -0.05) is 26.0 Å². The second-order valence-corrected chi connectivity index (χ2v) is 4.83. The minimum absolute atomic E-state index is 0.242. The first-order valence-electron chi connectivity index (χ1n) is 6.43. The van der Waals surface area contributed by atoms with E-state index < -0.39 is 5.97 Å². The number of benzene rings is 1. The minimum Gasteiger partial charge on any atom is -0.496 e. The van der Waals surface area contributed by atoms with Gasteiger partial charge >= 0.3 is 5.97 Å². The number of carboxylic acid groups (broad SMARTS) is 1. The summed E-state index contributed by atoms with van der Waals surface area (Å²) in [6.07, 6.45) is 2.70. The number of unbranched alkanes of at least 4 members (excludes halogenated alkanes) is 1. The van der Waals surface area contributed by atoms with E-state index in [0.29, 0.717) is 12.3 Å². The number of hydrogen-bond acceptors (Lipinski definition) is 2. The highest BCUT2D eigenvalue weighted by Crippen LogP contribution is 2.26. The number of carbonyl (C=O) groups is 1. The molecule has 0 radical (unpaired) electrons. The molecule has 18 heavy (non-hydrogen) atoms. The zero-order valence-electron chi connectivity index (χ0n) is 11.4. The first kappa shape index (κ1) is 14.6. The lowest BCUT2D eigenvalue weighted by Crippen LogP contribution is -1.98. The molecule has 0 saturated heterocycles. The van der Waals surface area contributed by atoms with E-state index in [0.717, 1.165) is 24.2 Å². The Labute approximate surface area is 109 Å². The highest BCUT2D eigenvalue weighted by Gasteiger charge is 2.07. The quantitative estimate of drug-likeness (QED) is 0.752. The monoisotopic (exact) mass is 250 g/mol. The first-order chi connectivity index (χ1) is 8.54. The van der Waals surface area contributed by atoms with E-state index in [9.17, 15) is 4.79 Å². The molecular weight excluding hydrogens is 228 g/mol. The van der Waals surface area contributed by atoms with Crippen LogP contribution in [0.4, 0.5) is 0 Å². The molecule has 1 aromatic rings. The van der Waals surface area contributed by atoms with Crippen LogP contribution in [0.25, 0.3) is 0 Å². The van der Waals surface area contributed by atoms with Gasteiger partial charge in [0.05, 0.1) is 7.11 Å². The number of rotatable bonds is 7. The summed E-state index contributed by atoms with van der Waals surface area (Å²) in [6.45, 7) is 4.31. The molecule has 0 aliphatic heterocycles. The topological polar surface area (TPSA) is 46.5 Å². The van der Waals surface area contributed by atoms with Crippen LogP contribution in [0.15, 0.2) is 18.2 Å². The molecule has 0 heterocycles. The zero-order chi connectivity index (χ0) is 13.5. The Morgan fingerprint density at radius 2 is 2.06 bits per heavy atom. The van der Waals surface area contributed by atoms with Crippen LogP contribution >= 0.6 is 0 Å². The summed E-state index contributed by atoms with van der Waals surface area (Å²) in [5, 5.41) is 8.58. The summed E-state index contributed by atoms with van der Waals surface area (Å²) < 4.78 is 5.40. The molecule has 0 atom stereocenters. The van der Waals surface area contributed by atoms with Crippen LogP contribution in [-0.4, -0.2) is 18.2 Å². The Balaban J connectivity index is 2.62. The van der Waals surface area contributed by atoms with Crippen molar-refractivity contribution in [3.05, 3.63) is 29.3 Å². The van der Waals surface area contributed by atoms with Gasteiger partial charge in [0, 0.05) is 6.42 Å². The molecule has 0 bridgehead atoms. The summed E-state index contributed by atoms with van der Waals surface area (Å²) in [5.74, 6) is 0.675. The standard InChI is InChI=1S/C15H22O3/c1-11(2)13-9-8-12(14(10-13)18-3)6-4-5-7-15(16)17/h8-11H,4-7H2,1-3H3,(H,16,17). The van der Waals surface area contributed by atoms with E-state index in [-0.39, 0.29) is 6.42 Å².